The maximum absolute atomic E-state index is 2.53. The highest BCUT2D eigenvalue weighted by atomic mass is 15.2. The Morgan fingerprint density at radius 1 is 0.724 bits per heavy atom. The van der Waals surface area contributed by atoms with Gasteiger partial charge in [0.25, 0.3) is 5.82 Å². The molecule has 0 aliphatic carbocycles. The number of fused-ring (bicyclic) bond motifs is 1. The molecule has 0 saturated carbocycles. The van der Waals surface area contributed by atoms with Gasteiger partial charge in [-0.15, -0.1) is 0 Å². The Balaban J connectivity index is 2.44. The van der Waals surface area contributed by atoms with Crippen LogP contribution in [-0.2, 0) is 23.4 Å². The summed E-state index contributed by atoms with van der Waals surface area (Å²) in [5.74, 6) is 1.28. The van der Waals surface area contributed by atoms with E-state index in [0.717, 1.165) is 0 Å². The molecule has 156 valence electrons. The van der Waals surface area contributed by atoms with E-state index in [9.17, 15) is 0 Å². The van der Waals surface area contributed by atoms with Crippen molar-refractivity contribution in [3.05, 3.63) is 53.1 Å². The fourth-order valence-electron chi connectivity index (χ4n) is 4.14. The second kappa shape index (κ2) is 6.72. The molecule has 2 aromatic carbocycles. The molecule has 0 amide bonds. The number of aryl methyl sites for hydroxylation is 2. The smallest absolute Gasteiger partial charge is 0.226 e. The second-order valence-electron chi connectivity index (χ2n) is 11.6. The van der Waals surface area contributed by atoms with Crippen molar-refractivity contribution >= 4 is 11.0 Å². The molecule has 0 unspecified atom stereocenters. The van der Waals surface area contributed by atoms with Crippen molar-refractivity contribution in [2.45, 2.75) is 85.6 Å². The van der Waals surface area contributed by atoms with Gasteiger partial charge in [0.2, 0.25) is 0 Å². The van der Waals surface area contributed by atoms with E-state index in [2.05, 4.69) is 122 Å². The molecule has 0 bridgehead atoms. The van der Waals surface area contributed by atoms with Crippen LogP contribution in [0.25, 0.3) is 22.4 Å². The van der Waals surface area contributed by atoms with E-state index < -0.39 is 0 Å². The van der Waals surface area contributed by atoms with Gasteiger partial charge >= 0.3 is 0 Å². The Bertz CT molecular complexity index is 1060. The first-order valence-electron chi connectivity index (χ1n) is 10.8. The van der Waals surface area contributed by atoms with E-state index >= 15 is 0 Å². The summed E-state index contributed by atoms with van der Waals surface area (Å²) in [5, 5.41) is 0. The summed E-state index contributed by atoms with van der Waals surface area (Å²) in [6.07, 6.45) is 0. The van der Waals surface area contributed by atoms with Crippen LogP contribution in [0.5, 0.6) is 0 Å². The van der Waals surface area contributed by atoms with Gasteiger partial charge in [-0.25, -0.2) is 9.13 Å². The normalized spacial score (nSPS) is 13.3. The van der Waals surface area contributed by atoms with Gasteiger partial charge in [0, 0.05) is 0 Å². The molecule has 0 aliphatic heterocycles. The predicted octanol–water partition coefficient (Wildman–Crippen LogP) is 6.79. The standard InChI is InChI=1S/C27H39N2/c1-18-12-13-19(25(2,3)4)16-21(18)24-28(11)22-15-14-20(26(5,6)7)17-23(22)29(24)27(8,9)10/h12-17H,1-11H3/q+1. The first kappa shape index (κ1) is 21.6. The van der Waals surface area contributed by atoms with Gasteiger partial charge in [0.05, 0.1) is 12.6 Å². The molecular formula is C27H39N2+. The van der Waals surface area contributed by atoms with E-state index in [1.54, 1.807) is 0 Å². The minimum absolute atomic E-state index is 0.0322. The molecule has 29 heavy (non-hydrogen) atoms. The van der Waals surface area contributed by atoms with Gasteiger partial charge in [-0.3, -0.25) is 0 Å². The van der Waals surface area contributed by atoms with Gasteiger partial charge in [-0.2, -0.15) is 0 Å². The van der Waals surface area contributed by atoms with Crippen LogP contribution < -0.4 is 4.57 Å². The van der Waals surface area contributed by atoms with Crippen molar-refractivity contribution in [3.8, 4) is 11.4 Å². The fourth-order valence-corrected chi connectivity index (χ4v) is 4.14. The molecule has 0 fully saturated rings. The van der Waals surface area contributed by atoms with E-state index in [4.69, 9.17) is 0 Å². The molecule has 0 radical (unpaired) electrons. The number of hydrogen-bond donors (Lipinski definition) is 0. The average molecular weight is 392 g/mol. The van der Waals surface area contributed by atoms with Crippen LogP contribution in [0.15, 0.2) is 36.4 Å². The van der Waals surface area contributed by atoms with Gasteiger partial charge < -0.3 is 0 Å². The lowest BCUT2D eigenvalue weighted by molar-refractivity contribution is -0.634. The molecule has 3 rings (SSSR count). The number of aromatic nitrogens is 2. The molecule has 0 atom stereocenters. The van der Waals surface area contributed by atoms with Gasteiger partial charge in [0.15, 0.2) is 11.0 Å². The van der Waals surface area contributed by atoms with Gasteiger partial charge in [0.1, 0.15) is 5.54 Å². The second-order valence-corrected chi connectivity index (χ2v) is 11.6. The van der Waals surface area contributed by atoms with E-state index in [1.807, 2.05) is 0 Å². The van der Waals surface area contributed by atoms with Crippen molar-refractivity contribution in [1.29, 1.82) is 0 Å². The van der Waals surface area contributed by atoms with Crippen LogP contribution in [0.3, 0.4) is 0 Å². The number of nitrogens with zero attached hydrogens (tertiary/aromatic N) is 2. The minimum Gasteiger partial charge on any atom is -0.226 e. The Hall–Kier alpha value is -2.09. The Labute approximate surface area is 177 Å². The Morgan fingerprint density at radius 2 is 1.24 bits per heavy atom. The highest BCUT2D eigenvalue weighted by Gasteiger charge is 2.34. The van der Waals surface area contributed by atoms with Crippen molar-refractivity contribution < 1.29 is 4.57 Å². The lowest BCUT2D eigenvalue weighted by Crippen LogP contribution is -2.33. The predicted molar refractivity (Wildman–Crippen MR) is 126 cm³/mol. The molecular weight excluding hydrogens is 352 g/mol. The zero-order valence-electron chi connectivity index (χ0n) is 20.4. The van der Waals surface area contributed by atoms with E-state index in [0.29, 0.717) is 0 Å². The van der Waals surface area contributed by atoms with Crippen molar-refractivity contribution in [3.63, 3.8) is 0 Å². The number of imidazole rings is 1. The van der Waals surface area contributed by atoms with E-state index in [-0.39, 0.29) is 16.4 Å². The first-order chi connectivity index (χ1) is 13.1. The van der Waals surface area contributed by atoms with Crippen LogP contribution in [-0.4, -0.2) is 4.57 Å². The zero-order chi connectivity index (χ0) is 21.9. The molecule has 0 N–H and O–H groups in total. The fraction of sp³-hybridized carbons (Fsp3) is 0.519. The van der Waals surface area contributed by atoms with Crippen LogP contribution in [0.1, 0.15) is 79.0 Å². The third-order valence-electron chi connectivity index (χ3n) is 5.99. The summed E-state index contributed by atoms with van der Waals surface area (Å²) >= 11 is 0. The van der Waals surface area contributed by atoms with Crippen molar-refractivity contribution in [2.24, 2.45) is 7.05 Å². The van der Waals surface area contributed by atoms with Crippen molar-refractivity contribution in [1.82, 2.24) is 4.57 Å². The van der Waals surface area contributed by atoms with Crippen molar-refractivity contribution in [2.75, 3.05) is 0 Å². The third-order valence-corrected chi connectivity index (χ3v) is 5.99. The molecule has 0 saturated heterocycles. The largest absolute Gasteiger partial charge is 0.290 e. The summed E-state index contributed by atoms with van der Waals surface area (Å²) in [6, 6.07) is 13.9. The monoisotopic (exact) mass is 391 g/mol. The molecule has 0 aliphatic rings. The Morgan fingerprint density at radius 3 is 1.76 bits per heavy atom. The van der Waals surface area contributed by atoms with Crippen LogP contribution in [0, 0.1) is 6.92 Å². The lowest BCUT2D eigenvalue weighted by Gasteiger charge is -2.23. The topological polar surface area (TPSA) is 8.81 Å². The highest BCUT2D eigenvalue weighted by Crippen LogP contribution is 2.35. The van der Waals surface area contributed by atoms with Gasteiger partial charge in [-0.05, 0) is 73.4 Å². The SMILES string of the molecule is Cc1ccc(C(C)(C)C)cc1-c1n(C(C)(C)C)c2cc(C(C)(C)C)ccc2[n+]1C. The summed E-state index contributed by atoms with van der Waals surface area (Å²) in [7, 11) is 2.21. The van der Waals surface area contributed by atoms with Crippen LogP contribution >= 0.6 is 0 Å². The molecule has 1 aromatic heterocycles. The Kier molecular flexibility index (Phi) is 5.01. The number of hydrogen-bond acceptors (Lipinski definition) is 0. The first-order valence-corrected chi connectivity index (χ1v) is 10.8. The average Bonchev–Trinajstić information content (AvgIpc) is 2.86. The highest BCUT2D eigenvalue weighted by molar-refractivity contribution is 5.78. The molecule has 0 spiro atoms. The zero-order valence-corrected chi connectivity index (χ0v) is 20.4. The van der Waals surface area contributed by atoms with Crippen LogP contribution in [0.2, 0.25) is 0 Å². The maximum Gasteiger partial charge on any atom is 0.290 e. The number of rotatable bonds is 1. The number of benzene rings is 2. The quantitative estimate of drug-likeness (QED) is 0.404. The lowest BCUT2D eigenvalue weighted by atomic mass is 9.85. The van der Waals surface area contributed by atoms with E-state index in [1.165, 1.54) is 39.1 Å². The molecule has 2 nitrogen and oxygen atoms in total. The van der Waals surface area contributed by atoms with Crippen LogP contribution in [0.4, 0.5) is 0 Å². The summed E-state index contributed by atoms with van der Waals surface area (Å²) in [4.78, 5) is 0. The summed E-state index contributed by atoms with van der Waals surface area (Å²) < 4.78 is 4.91. The molecule has 2 heteroatoms. The maximum atomic E-state index is 2.53. The molecule has 1 heterocycles. The minimum atomic E-state index is -0.0322. The summed E-state index contributed by atoms with van der Waals surface area (Å²) in [5.41, 5.74) is 8.20. The molecule has 3 aromatic rings. The third kappa shape index (κ3) is 3.86. The summed E-state index contributed by atoms with van der Waals surface area (Å²) in [6.45, 7) is 22.9. The van der Waals surface area contributed by atoms with Gasteiger partial charge in [-0.1, -0.05) is 59.7 Å².